The molecule has 1 aromatic rings. The Bertz CT molecular complexity index is 553. The van der Waals surface area contributed by atoms with Gasteiger partial charge in [0.25, 0.3) is 5.91 Å². The van der Waals surface area contributed by atoms with Crippen molar-refractivity contribution >= 4 is 27.7 Å². The molecule has 1 aromatic carbocycles. The molecule has 1 rings (SSSR count). The summed E-state index contributed by atoms with van der Waals surface area (Å²) in [6.45, 7) is 0.460. The van der Waals surface area contributed by atoms with E-state index in [0.717, 1.165) is 5.75 Å². The Kier molecular flexibility index (Phi) is 6.04. The average molecular weight is 316 g/mol. The molecule has 0 saturated heterocycles. The molecule has 0 aliphatic rings. The minimum atomic E-state index is -3.48. The average Bonchev–Trinajstić information content (AvgIpc) is 2.43. The van der Waals surface area contributed by atoms with Gasteiger partial charge in [0.15, 0.2) is 0 Å². The first-order chi connectivity index (χ1) is 9.30. The molecular weight excluding hydrogens is 296 g/mol. The molecule has 0 fully saturated rings. The normalized spacial score (nSPS) is 11.7. The van der Waals surface area contributed by atoms with Crippen molar-refractivity contribution in [1.82, 2.24) is 9.21 Å². The summed E-state index contributed by atoms with van der Waals surface area (Å²) in [7, 11) is 1.39. The van der Waals surface area contributed by atoms with Crippen molar-refractivity contribution in [1.29, 1.82) is 0 Å². The Balaban J connectivity index is 2.95. The summed E-state index contributed by atoms with van der Waals surface area (Å²) in [6.07, 6.45) is 1.93. The molecule has 0 atom stereocenters. The third-order valence-corrected chi connectivity index (χ3v) is 5.29. The highest BCUT2D eigenvalue weighted by Crippen LogP contribution is 2.16. The Morgan fingerprint density at radius 3 is 2.15 bits per heavy atom. The van der Waals surface area contributed by atoms with E-state index in [4.69, 9.17) is 0 Å². The van der Waals surface area contributed by atoms with Crippen molar-refractivity contribution in [3.63, 3.8) is 0 Å². The zero-order chi connectivity index (χ0) is 15.3. The maximum absolute atomic E-state index is 12.3. The second-order valence-corrected chi connectivity index (χ2v) is 7.57. The fraction of sp³-hybridized carbons (Fsp3) is 0.462. The number of benzene rings is 1. The van der Waals surface area contributed by atoms with Gasteiger partial charge in [0.2, 0.25) is 10.0 Å². The molecule has 0 radical (unpaired) electrons. The predicted molar refractivity (Wildman–Crippen MR) is 82.7 cm³/mol. The number of carbonyl (C=O) groups excluding carboxylic acids is 1. The Morgan fingerprint density at radius 2 is 1.70 bits per heavy atom. The lowest BCUT2D eigenvalue weighted by molar-refractivity contribution is 0.0827. The molecule has 1 amide bonds. The van der Waals surface area contributed by atoms with E-state index in [2.05, 4.69) is 0 Å². The van der Waals surface area contributed by atoms with Crippen molar-refractivity contribution in [2.45, 2.75) is 4.90 Å². The minimum absolute atomic E-state index is 0.148. The third-order valence-electron chi connectivity index (χ3n) is 2.83. The summed E-state index contributed by atoms with van der Waals surface area (Å²) in [5.74, 6) is 0.595. The van der Waals surface area contributed by atoms with Crippen molar-refractivity contribution in [2.24, 2.45) is 0 Å². The van der Waals surface area contributed by atoms with Crippen LogP contribution in [0.2, 0.25) is 0 Å². The van der Waals surface area contributed by atoms with Crippen LogP contribution in [0.4, 0.5) is 0 Å². The minimum Gasteiger partial charge on any atom is -0.345 e. The predicted octanol–water partition coefficient (Wildman–Crippen LogP) is 1.37. The Hall–Kier alpha value is -1.05. The van der Waals surface area contributed by atoms with E-state index in [0.29, 0.717) is 12.1 Å². The molecule has 0 spiro atoms. The van der Waals surface area contributed by atoms with Crippen molar-refractivity contribution < 1.29 is 13.2 Å². The fourth-order valence-corrected chi connectivity index (χ4v) is 3.29. The molecule has 112 valence electrons. The lowest BCUT2D eigenvalue weighted by Gasteiger charge is -2.17. The molecule has 0 aliphatic heterocycles. The summed E-state index contributed by atoms with van der Waals surface area (Å²) in [6, 6.07) is 6.03. The van der Waals surface area contributed by atoms with Gasteiger partial charge in [-0.3, -0.25) is 4.79 Å². The maximum Gasteiger partial charge on any atom is 0.253 e. The van der Waals surface area contributed by atoms with Crippen LogP contribution in [0.1, 0.15) is 10.4 Å². The molecular formula is C13H20N2O3S2. The van der Waals surface area contributed by atoms with Crippen LogP contribution in [0.15, 0.2) is 29.2 Å². The number of thioether (sulfide) groups is 1. The van der Waals surface area contributed by atoms with Crippen LogP contribution in [0.3, 0.4) is 0 Å². The first kappa shape index (κ1) is 17.0. The topological polar surface area (TPSA) is 57.7 Å². The molecule has 0 unspecified atom stereocenters. The van der Waals surface area contributed by atoms with Crippen molar-refractivity contribution in [3.05, 3.63) is 29.8 Å². The SMILES string of the molecule is CSCCN(C)S(=O)(=O)c1ccc(C(=O)N(C)C)cc1. The zero-order valence-electron chi connectivity index (χ0n) is 12.2. The van der Waals surface area contributed by atoms with Crippen molar-refractivity contribution in [3.8, 4) is 0 Å². The van der Waals surface area contributed by atoms with Gasteiger partial charge in [-0.05, 0) is 30.5 Å². The van der Waals surface area contributed by atoms with Crippen LogP contribution in [-0.2, 0) is 10.0 Å². The monoisotopic (exact) mass is 316 g/mol. The van der Waals surface area contributed by atoms with Crippen LogP contribution in [0, 0.1) is 0 Å². The molecule has 5 nitrogen and oxygen atoms in total. The van der Waals surface area contributed by atoms with E-state index in [1.165, 1.54) is 33.5 Å². The summed E-state index contributed by atoms with van der Waals surface area (Å²) < 4.78 is 25.9. The van der Waals surface area contributed by atoms with Gasteiger partial charge in [0.05, 0.1) is 4.90 Å². The first-order valence-electron chi connectivity index (χ1n) is 6.07. The summed E-state index contributed by atoms with van der Waals surface area (Å²) in [5, 5.41) is 0. The van der Waals surface area contributed by atoms with Gasteiger partial charge >= 0.3 is 0 Å². The van der Waals surface area contributed by atoms with Crippen LogP contribution in [-0.4, -0.2) is 63.2 Å². The quantitative estimate of drug-likeness (QED) is 0.795. The largest absolute Gasteiger partial charge is 0.345 e. The van der Waals surface area contributed by atoms with E-state index in [1.807, 2.05) is 6.26 Å². The van der Waals surface area contributed by atoms with E-state index >= 15 is 0 Å². The van der Waals surface area contributed by atoms with Crippen molar-refractivity contribution in [2.75, 3.05) is 39.7 Å². The van der Waals surface area contributed by atoms with Gasteiger partial charge < -0.3 is 4.90 Å². The van der Waals surface area contributed by atoms with E-state index in [1.54, 1.807) is 32.9 Å². The molecule has 0 aliphatic carbocycles. The Labute approximate surface area is 125 Å². The highest BCUT2D eigenvalue weighted by molar-refractivity contribution is 7.98. The molecule has 7 heteroatoms. The van der Waals surface area contributed by atoms with Crippen LogP contribution in [0.5, 0.6) is 0 Å². The molecule has 20 heavy (non-hydrogen) atoms. The van der Waals surface area contributed by atoms with E-state index in [9.17, 15) is 13.2 Å². The number of rotatable bonds is 6. The molecule has 0 N–H and O–H groups in total. The number of carbonyl (C=O) groups is 1. The van der Waals surface area contributed by atoms with Gasteiger partial charge in [-0.15, -0.1) is 0 Å². The lowest BCUT2D eigenvalue weighted by Crippen LogP contribution is -2.29. The number of amides is 1. The second kappa shape index (κ2) is 7.10. The number of hydrogen-bond donors (Lipinski definition) is 0. The Morgan fingerprint density at radius 1 is 1.15 bits per heavy atom. The van der Waals surface area contributed by atoms with Gasteiger partial charge in [0.1, 0.15) is 0 Å². The van der Waals surface area contributed by atoms with Gasteiger partial charge in [-0.2, -0.15) is 11.8 Å². The molecule has 0 heterocycles. The summed E-state index contributed by atoms with van der Waals surface area (Å²) in [4.78, 5) is 13.4. The third kappa shape index (κ3) is 3.97. The molecule has 0 saturated carbocycles. The van der Waals surface area contributed by atoms with Crippen LogP contribution < -0.4 is 0 Å². The highest BCUT2D eigenvalue weighted by atomic mass is 32.2. The highest BCUT2D eigenvalue weighted by Gasteiger charge is 2.20. The smallest absolute Gasteiger partial charge is 0.253 e. The maximum atomic E-state index is 12.3. The van der Waals surface area contributed by atoms with Crippen LogP contribution in [0.25, 0.3) is 0 Å². The van der Waals surface area contributed by atoms with Gasteiger partial charge in [-0.25, -0.2) is 12.7 Å². The van der Waals surface area contributed by atoms with Gasteiger partial charge in [-0.1, -0.05) is 0 Å². The fourth-order valence-electron chi connectivity index (χ4n) is 1.55. The summed E-state index contributed by atoms with van der Waals surface area (Å²) in [5.41, 5.74) is 0.473. The van der Waals surface area contributed by atoms with E-state index in [-0.39, 0.29) is 10.8 Å². The molecule has 0 aromatic heterocycles. The number of hydrogen-bond acceptors (Lipinski definition) is 4. The lowest BCUT2D eigenvalue weighted by atomic mass is 10.2. The first-order valence-corrected chi connectivity index (χ1v) is 8.91. The second-order valence-electron chi connectivity index (χ2n) is 4.54. The number of nitrogens with zero attached hydrogens (tertiary/aromatic N) is 2. The zero-order valence-corrected chi connectivity index (χ0v) is 13.8. The van der Waals surface area contributed by atoms with Gasteiger partial charge in [0, 0.05) is 39.0 Å². The number of sulfonamides is 1. The summed E-state index contributed by atoms with van der Waals surface area (Å²) >= 11 is 1.59. The molecule has 0 bridgehead atoms. The van der Waals surface area contributed by atoms with Crippen LogP contribution >= 0.6 is 11.8 Å². The standard InChI is InChI=1S/C13H20N2O3S2/c1-14(2)13(16)11-5-7-12(8-6-11)20(17,18)15(3)9-10-19-4/h5-8H,9-10H2,1-4H3. The van der Waals surface area contributed by atoms with E-state index < -0.39 is 10.0 Å².